The Balaban J connectivity index is 2.05. The minimum atomic E-state index is -0.733. The second kappa shape index (κ2) is 10.1. The summed E-state index contributed by atoms with van der Waals surface area (Å²) in [6, 6.07) is 8.99. The van der Waals surface area contributed by atoms with E-state index in [0.29, 0.717) is 30.3 Å². The molecule has 0 aliphatic rings. The molecule has 1 N–H and O–H groups in total. The molecule has 0 atom stereocenters. The number of ether oxygens (including phenoxy) is 3. The van der Waals surface area contributed by atoms with Crippen molar-refractivity contribution in [3.63, 3.8) is 0 Å². The van der Waals surface area contributed by atoms with E-state index in [2.05, 4.69) is 5.32 Å². The van der Waals surface area contributed by atoms with Crippen LogP contribution in [0.3, 0.4) is 0 Å². The van der Waals surface area contributed by atoms with E-state index in [-0.39, 0.29) is 16.9 Å². The monoisotopic (exact) mass is 402 g/mol. The Labute approximate surface area is 167 Å². The van der Waals surface area contributed by atoms with E-state index in [1.807, 2.05) is 6.92 Å². The topological polar surface area (TPSA) is 117 Å². The lowest BCUT2D eigenvalue weighted by Crippen LogP contribution is -2.22. The zero-order valence-electron chi connectivity index (χ0n) is 16.4. The summed E-state index contributed by atoms with van der Waals surface area (Å²) in [5, 5.41) is 13.5. The number of nitro benzene ring substituents is 1. The predicted octanol–water partition coefficient (Wildman–Crippen LogP) is 3.50. The van der Waals surface area contributed by atoms with E-state index in [1.165, 1.54) is 24.3 Å². The van der Waals surface area contributed by atoms with Gasteiger partial charge >= 0.3 is 5.97 Å². The van der Waals surface area contributed by atoms with Crippen LogP contribution in [0.2, 0.25) is 0 Å². The molecule has 0 bridgehead atoms. The van der Waals surface area contributed by atoms with Crippen molar-refractivity contribution < 1.29 is 28.7 Å². The first-order chi connectivity index (χ1) is 13.9. The number of rotatable bonds is 9. The van der Waals surface area contributed by atoms with Gasteiger partial charge < -0.3 is 19.5 Å². The van der Waals surface area contributed by atoms with Gasteiger partial charge in [-0.1, -0.05) is 12.1 Å². The summed E-state index contributed by atoms with van der Waals surface area (Å²) in [7, 11) is 0. The number of hydrogen-bond acceptors (Lipinski definition) is 7. The molecular weight excluding hydrogens is 380 g/mol. The second-order valence-corrected chi connectivity index (χ2v) is 5.88. The SMILES string of the molecule is CCOc1ccc(C(=O)OCC(=O)Nc2c(C)cccc2[N+](=O)[O-])cc1OCC. The highest BCUT2D eigenvalue weighted by atomic mass is 16.6. The van der Waals surface area contributed by atoms with Crippen LogP contribution in [-0.4, -0.2) is 36.6 Å². The van der Waals surface area contributed by atoms with Gasteiger partial charge in [0.1, 0.15) is 5.69 Å². The van der Waals surface area contributed by atoms with Crippen LogP contribution < -0.4 is 14.8 Å². The van der Waals surface area contributed by atoms with Crippen molar-refractivity contribution in [1.82, 2.24) is 0 Å². The lowest BCUT2D eigenvalue weighted by Gasteiger charge is -2.12. The quantitative estimate of drug-likeness (QED) is 0.387. The number of aryl methyl sites for hydroxylation is 1. The Kier molecular flexibility index (Phi) is 7.53. The van der Waals surface area contributed by atoms with Crippen molar-refractivity contribution in [2.75, 3.05) is 25.1 Å². The first-order valence-electron chi connectivity index (χ1n) is 8.98. The van der Waals surface area contributed by atoms with E-state index in [1.54, 1.807) is 26.0 Å². The maximum Gasteiger partial charge on any atom is 0.338 e. The molecule has 2 aromatic carbocycles. The fourth-order valence-corrected chi connectivity index (χ4v) is 2.54. The third-order valence-electron chi connectivity index (χ3n) is 3.83. The summed E-state index contributed by atoms with van der Waals surface area (Å²) in [4.78, 5) is 34.9. The average Bonchev–Trinajstić information content (AvgIpc) is 2.69. The molecule has 154 valence electrons. The molecule has 0 unspecified atom stereocenters. The molecule has 2 aromatic rings. The van der Waals surface area contributed by atoms with Gasteiger partial charge in [0.25, 0.3) is 11.6 Å². The van der Waals surface area contributed by atoms with Crippen LogP contribution in [0.25, 0.3) is 0 Å². The minimum Gasteiger partial charge on any atom is -0.490 e. The van der Waals surface area contributed by atoms with Crippen molar-refractivity contribution in [1.29, 1.82) is 0 Å². The van der Waals surface area contributed by atoms with Gasteiger partial charge in [0.05, 0.1) is 23.7 Å². The molecule has 9 nitrogen and oxygen atoms in total. The first-order valence-corrected chi connectivity index (χ1v) is 8.98. The molecular formula is C20H22N2O7. The molecule has 0 radical (unpaired) electrons. The van der Waals surface area contributed by atoms with Gasteiger partial charge in [-0.2, -0.15) is 0 Å². The van der Waals surface area contributed by atoms with Crippen LogP contribution >= 0.6 is 0 Å². The molecule has 2 rings (SSSR count). The van der Waals surface area contributed by atoms with Crippen molar-refractivity contribution in [3.8, 4) is 11.5 Å². The number of para-hydroxylation sites is 1. The van der Waals surface area contributed by atoms with Crippen LogP contribution in [-0.2, 0) is 9.53 Å². The number of esters is 1. The normalized spacial score (nSPS) is 10.2. The van der Waals surface area contributed by atoms with Crippen LogP contribution in [0.4, 0.5) is 11.4 Å². The molecule has 0 aliphatic carbocycles. The Morgan fingerprint density at radius 2 is 1.76 bits per heavy atom. The molecule has 0 spiro atoms. The van der Waals surface area contributed by atoms with Crippen LogP contribution in [0.15, 0.2) is 36.4 Å². The van der Waals surface area contributed by atoms with Gasteiger partial charge in [-0.25, -0.2) is 4.79 Å². The summed E-state index contributed by atoms with van der Waals surface area (Å²) >= 11 is 0. The highest BCUT2D eigenvalue weighted by molar-refractivity contribution is 5.97. The van der Waals surface area contributed by atoms with Gasteiger partial charge in [-0.3, -0.25) is 14.9 Å². The predicted molar refractivity (Wildman–Crippen MR) is 106 cm³/mol. The number of nitro groups is 1. The Hall–Kier alpha value is -3.62. The Morgan fingerprint density at radius 3 is 2.41 bits per heavy atom. The van der Waals surface area contributed by atoms with Crippen LogP contribution in [0, 0.1) is 17.0 Å². The number of nitrogens with one attached hydrogen (secondary N) is 1. The number of anilines is 1. The number of hydrogen-bond donors (Lipinski definition) is 1. The summed E-state index contributed by atoms with van der Waals surface area (Å²) in [6.45, 7) is 5.49. The van der Waals surface area contributed by atoms with E-state index in [0.717, 1.165) is 0 Å². The third-order valence-corrected chi connectivity index (χ3v) is 3.83. The van der Waals surface area contributed by atoms with Crippen molar-refractivity contribution in [2.45, 2.75) is 20.8 Å². The van der Waals surface area contributed by atoms with Crippen molar-refractivity contribution in [2.24, 2.45) is 0 Å². The second-order valence-electron chi connectivity index (χ2n) is 5.88. The lowest BCUT2D eigenvalue weighted by molar-refractivity contribution is -0.384. The standard InChI is InChI=1S/C20H22N2O7/c1-4-27-16-10-9-14(11-17(16)28-5-2)20(24)29-12-18(23)21-19-13(3)7-6-8-15(19)22(25)26/h6-11H,4-5,12H2,1-3H3,(H,21,23). The minimum absolute atomic E-state index is 0.0678. The van der Waals surface area contributed by atoms with E-state index in [4.69, 9.17) is 14.2 Å². The number of amides is 1. The molecule has 0 aliphatic heterocycles. The van der Waals surface area contributed by atoms with E-state index >= 15 is 0 Å². The summed E-state index contributed by atoms with van der Waals surface area (Å²) < 4.78 is 15.9. The molecule has 0 saturated heterocycles. The lowest BCUT2D eigenvalue weighted by atomic mass is 10.1. The number of carbonyl (C=O) groups excluding carboxylic acids is 2. The molecule has 1 amide bonds. The van der Waals surface area contributed by atoms with Gasteiger partial charge in [0.15, 0.2) is 18.1 Å². The average molecular weight is 402 g/mol. The molecule has 0 fully saturated rings. The fraction of sp³-hybridized carbons (Fsp3) is 0.300. The van der Waals surface area contributed by atoms with Gasteiger partial charge in [0, 0.05) is 6.07 Å². The first kappa shape index (κ1) is 21.7. The van der Waals surface area contributed by atoms with Crippen LogP contribution in [0.5, 0.6) is 11.5 Å². The van der Waals surface area contributed by atoms with Gasteiger partial charge in [-0.15, -0.1) is 0 Å². The highest BCUT2D eigenvalue weighted by Gasteiger charge is 2.19. The maximum absolute atomic E-state index is 12.3. The number of carbonyl (C=O) groups is 2. The molecule has 29 heavy (non-hydrogen) atoms. The van der Waals surface area contributed by atoms with E-state index < -0.39 is 23.4 Å². The summed E-state index contributed by atoms with van der Waals surface area (Å²) in [5.41, 5.74) is 0.536. The molecule has 9 heteroatoms. The summed E-state index contributed by atoms with van der Waals surface area (Å²) in [5.74, 6) is -0.533. The van der Waals surface area contributed by atoms with E-state index in [9.17, 15) is 19.7 Å². The van der Waals surface area contributed by atoms with Gasteiger partial charge in [0.2, 0.25) is 0 Å². The molecule has 0 heterocycles. The van der Waals surface area contributed by atoms with Crippen molar-refractivity contribution in [3.05, 3.63) is 57.6 Å². The van der Waals surface area contributed by atoms with Gasteiger partial charge in [-0.05, 0) is 44.5 Å². The smallest absolute Gasteiger partial charge is 0.338 e. The largest absolute Gasteiger partial charge is 0.490 e. The Bertz CT molecular complexity index is 912. The third kappa shape index (κ3) is 5.68. The number of benzene rings is 2. The fourth-order valence-electron chi connectivity index (χ4n) is 2.54. The maximum atomic E-state index is 12.3. The number of nitrogens with zero attached hydrogens (tertiary/aromatic N) is 1. The van der Waals surface area contributed by atoms with Crippen LogP contribution in [0.1, 0.15) is 29.8 Å². The Morgan fingerprint density at radius 1 is 1.07 bits per heavy atom. The zero-order valence-corrected chi connectivity index (χ0v) is 16.4. The zero-order chi connectivity index (χ0) is 21.4. The molecule has 0 aromatic heterocycles. The molecule has 0 saturated carbocycles. The summed E-state index contributed by atoms with van der Waals surface area (Å²) in [6.07, 6.45) is 0. The van der Waals surface area contributed by atoms with Crippen molar-refractivity contribution >= 4 is 23.3 Å². The highest BCUT2D eigenvalue weighted by Crippen LogP contribution is 2.29.